The van der Waals surface area contributed by atoms with Crippen LogP contribution < -0.4 is 4.90 Å². The van der Waals surface area contributed by atoms with E-state index in [0.717, 1.165) is 43.6 Å². The lowest BCUT2D eigenvalue weighted by molar-refractivity contribution is 0.215. The molecule has 1 aliphatic heterocycles. The minimum Gasteiger partial charge on any atom is -0.369 e. The summed E-state index contributed by atoms with van der Waals surface area (Å²) in [6.45, 7) is 4.64. The van der Waals surface area contributed by atoms with Crippen molar-refractivity contribution in [3.8, 4) is 0 Å². The highest BCUT2D eigenvalue weighted by molar-refractivity contribution is 5.81. The predicted octanol–water partition coefficient (Wildman–Crippen LogP) is 1.33. The van der Waals surface area contributed by atoms with E-state index >= 15 is 0 Å². The summed E-state index contributed by atoms with van der Waals surface area (Å²) in [6, 6.07) is 6.34. The van der Waals surface area contributed by atoms with Gasteiger partial charge in [0, 0.05) is 43.4 Å². The Hall–Kier alpha value is -2.54. The van der Waals surface area contributed by atoms with Crippen LogP contribution in [0.5, 0.6) is 0 Å². The van der Waals surface area contributed by atoms with E-state index in [9.17, 15) is 0 Å². The van der Waals surface area contributed by atoms with Gasteiger partial charge >= 0.3 is 0 Å². The highest BCUT2D eigenvalue weighted by Crippen LogP contribution is 2.21. The molecule has 3 aromatic rings. The summed E-state index contributed by atoms with van der Waals surface area (Å²) in [4.78, 5) is 17.1. The average Bonchev–Trinajstić information content (AvgIpc) is 3.08. The second-order valence-electron chi connectivity index (χ2n) is 5.36. The second-order valence-corrected chi connectivity index (χ2v) is 5.36. The summed E-state index contributed by atoms with van der Waals surface area (Å²) in [7, 11) is 0. The van der Waals surface area contributed by atoms with Crippen molar-refractivity contribution in [1.82, 2.24) is 25.0 Å². The van der Waals surface area contributed by atoms with E-state index in [2.05, 4.69) is 48.1 Å². The van der Waals surface area contributed by atoms with Crippen molar-refractivity contribution in [3.63, 3.8) is 0 Å². The zero-order valence-corrected chi connectivity index (χ0v) is 12.1. The van der Waals surface area contributed by atoms with E-state index in [0.29, 0.717) is 5.89 Å². The van der Waals surface area contributed by atoms with Crippen LogP contribution in [0.4, 0.5) is 5.69 Å². The lowest BCUT2D eigenvalue weighted by atomic mass is 10.2. The summed E-state index contributed by atoms with van der Waals surface area (Å²) in [5.74, 6) is 0.677. The second kappa shape index (κ2) is 5.69. The van der Waals surface area contributed by atoms with E-state index in [1.54, 1.807) is 6.33 Å². The molecular weight excluding hydrogens is 280 g/mol. The van der Waals surface area contributed by atoms with Gasteiger partial charge in [-0.15, -0.1) is 0 Å². The maximum absolute atomic E-state index is 5.07. The number of aromatic nitrogens is 4. The van der Waals surface area contributed by atoms with Crippen molar-refractivity contribution in [2.75, 3.05) is 31.1 Å². The molecule has 1 fully saturated rings. The molecule has 0 amide bonds. The molecule has 0 N–H and O–H groups in total. The van der Waals surface area contributed by atoms with Gasteiger partial charge in [-0.25, -0.2) is 9.97 Å². The third kappa shape index (κ3) is 2.62. The molecule has 7 heteroatoms. The van der Waals surface area contributed by atoms with Crippen LogP contribution in [-0.2, 0) is 6.54 Å². The number of nitrogens with zero attached hydrogens (tertiary/aromatic N) is 6. The quantitative estimate of drug-likeness (QED) is 0.722. The van der Waals surface area contributed by atoms with Crippen molar-refractivity contribution >= 4 is 16.6 Å². The highest BCUT2D eigenvalue weighted by atomic mass is 16.5. The first-order chi connectivity index (χ1) is 10.9. The number of fused-ring (bicyclic) bond motifs is 1. The van der Waals surface area contributed by atoms with Crippen LogP contribution in [-0.4, -0.2) is 51.2 Å². The topological polar surface area (TPSA) is 71.2 Å². The summed E-state index contributed by atoms with van der Waals surface area (Å²) >= 11 is 0. The van der Waals surface area contributed by atoms with Crippen LogP contribution in [0.15, 0.2) is 41.6 Å². The Morgan fingerprint density at radius 2 is 1.95 bits per heavy atom. The minimum atomic E-state index is 0.677. The van der Waals surface area contributed by atoms with Gasteiger partial charge in [0.2, 0.25) is 5.89 Å². The first-order valence-electron chi connectivity index (χ1n) is 7.31. The van der Waals surface area contributed by atoms with Gasteiger partial charge in [-0.3, -0.25) is 4.90 Å². The van der Waals surface area contributed by atoms with Gasteiger partial charge in [0.05, 0.1) is 12.1 Å². The Bertz CT molecular complexity index is 752. The summed E-state index contributed by atoms with van der Waals surface area (Å²) in [5.41, 5.74) is 2.20. The monoisotopic (exact) mass is 296 g/mol. The Morgan fingerprint density at radius 3 is 2.77 bits per heavy atom. The number of hydrogen-bond donors (Lipinski definition) is 0. The molecule has 3 heterocycles. The molecule has 1 saturated heterocycles. The molecular formula is C15H16N6O. The molecule has 0 atom stereocenters. The summed E-state index contributed by atoms with van der Waals surface area (Å²) < 4.78 is 5.07. The average molecular weight is 296 g/mol. The van der Waals surface area contributed by atoms with E-state index in [1.165, 1.54) is 12.0 Å². The number of anilines is 1. The van der Waals surface area contributed by atoms with Crippen molar-refractivity contribution in [3.05, 3.63) is 42.9 Å². The number of benzene rings is 1. The molecule has 0 spiro atoms. The van der Waals surface area contributed by atoms with Gasteiger partial charge in [0.25, 0.3) is 0 Å². The molecule has 0 saturated carbocycles. The summed E-state index contributed by atoms with van der Waals surface area (Å²) in [5, 5.41) is 4.72. The molecule has 1 aliphatic rings. The molecule has 0 bridgehead atoms. The first-order valence-corrected chi connectivity index (χ1v) is 7.31. The first kappa shape index (κ1) is 13.1. The van der Waals surface area contributed by atoms with Crippen molar-refractivity contribution in [1.29, 1.82) is 0 Å². The standard InChI is InChI=1S/C15H16N6O/c1-2-14-12(8-16-10-17-14)7-13(1)21-5-3-20(4-6-21)9-15-18-11-19-22-15/h1-2,7-8,10-11H,3-6,9H2. The van der Waals surface area contributed by atoms with Crippen molar-refractivity contribution in [2.45, 2.75) is 6.54 Å². The highest BCUT2D eigenvalue weighted by Gasteiger charge is 2.19. The van der Waals surface area contributed by atoms with Gasteiger partial charge < -0.3 is 9.42 Å². The molecule has 112 valence electrons. The number of hydrogen-bond acceptors (Lipinski definition) is 7. The van der Waals surface area contributed by atoms with Crippen LogP contribution in [0.25, 0.3) is 10.9 Å². The van der Waals surface area contributed by atoms with Gasteiger partial charge in [-0.05, 0) is 18.2 Å². The fourth-order valence-corrected chi connectivity index (χ4v) is 2.79. The van der Waals surface area contributed by atoms with Crippen molar-refractivity contribution in [2.24, 2.45) is 0 Å². The van der Waals surface area contributed by atoms with E-state index in [1.807, 2.05) is 6.20 Å². The zero-order chi connectivity index (χ0) is 14.8. The fourth-order valence-electron chi connectivity index (χ4n) is 2.79. The lowest BCUT2D eigenvalue weighted by Crippen LogP contribution is -2.46. The third-order valence-corrected chi connectivity index (χ3v) is 3.99. The molecule has 4 rings (SSSR count). The molecule has 0 unspecified atom stereocenters. The largest absolute Gasteiger partial charge is 0.369 e. The molecule has 0 aliphatic carbocycles. The molecule has 7 nitrogen and oxygen atoms in total. The fraction of sp³-hybridized carbons (Fsp3) is 0.333. The van der Waals surface area contributed by atoms with Crippen LogP contribution in [0.1, 0.15) is 5.89 Å². The Balaban J connectivity index is 1.43. The molecule has 2 aromatic heterocycles. The third-order valence-electron chi connectivity index (χ3n) is 3.99. The van der Waals surface area contributed by atoms with Crippen molar-refractivity contribution < 1.29 is 4.52 Å². The van der Waals surface area contributed by atoms with Gasteiger partial charge in [-0.1, -0.05) is 5.16 Å². The van der Waals surface area contributed by atoms with Crippen LogP contribution in [0, 0.1) is 0 Å². The van der Waals surface area contributed by atoms with Gasteiger partial charge in [0.1, 0.15) is 6.33 Å². The van der Waals surface area contributed by atoms with Crippen LogP contribution >= 0.6 is 0 Å². The molecule has 1 aromatic carbocycles. The molecule has 22 heavy (non-hydrogen) atoms. The van der Waals surface area contributed by atoms with E-state index in [-0.39, 0.29) is 0 Å². The van der Waals surface area contributed by atoms with Gasteiger partial charge in [-0.2, -0.15) is 4.98 Å². The zero-order valence-electron chi connectivity index (χ0n) is 12.1. The van der Waals surface area contributed by atoms with Gasteiger partial charge in [0.15, 0.2) is 6.33 Å². The number of piperazine rings is 1. The maximum Gasteiger partial charge on any atom is 0.240 e. The Labute approximate surface area is 127 Å². The van der Waals surface area contributed by atoms with E-state index < -0.39 is 0 Å². The minimum absolute atomic E-state index is 0.677. The van der Waals surface area contributed by atoms with Crippen LogP contribution in [0.2, 0.25) is 0 Å². The normalized spacial score (nSPS) is 16.3. The Morgan fingerprint density at radius 1 is 1.05 bits per heavy atom. The smallest absolute Gasteiger partial charge is 0.240 e. The SMILES string of the molecule is c1noc(CN2CCN(c3ccc4ncncc4c3)CC2)n1. The van der Waals surface area contributed by atoms with Crippen LogP contribution in [0.3, 0.4) is 0 Å². The van der Waals surface area contributed by atoms with E-state index in [4.69, 9.17) is 4.52 Å². The number of rotatable bonds is 3. The maximum atomic E-state index is 5.07. The summed E-state index contributed by atoms with van der Waals surface area (Å²) in [6.07, 6.45) is 4.89. The molecule has 0 radical (unpaired) electrons. The lowest BCUT2D eigenvalue weighted by Gasteiger charge is -2.35. The predicted molar refractivity (Wildman–Crippen MR) is 81.3 cm³/mol. The Kier molecular flexibility index (Phi) is 3.40.